The molecule has 1 heterocycles. The number of aromatic nitrogens is 2. The van der Waals surface area contributed by atoms with Crippen molar-refractivity contribution >= 4 is 18.2 Å². The van der Waals surface area contributed by atoms with Crippen molar-refractivity contribution in [1.29, 1.82) is 0 Å². The zero-order valence-electron chi connectivity index (χ0n) is 8.03. The van der Waals surface area contributed by atoms with Crippen molar-refractivity contribution in [2.24, 2.45) is 7.05 Å². The van der Waals surface area contributed by atoms with Gasteiger partial charge in [0.25, 0.3) is 0 Å². The number of ether oxygens (including phenoxy) is 1. The highest BCUT2D eigenvalue weighted by molar-refractivity contribution is 7.71. The van der Waals surface area contributed by atoms with Crippen molar-refractivity contribution in [1.82, 2.24) is 9.55 Å². The lowest BCUT2D eigenvalue weighted by atomic mass is 10.2. The maximum absolute atomic E-state index is 10.8. The number of H-pyrrole nitrogens is 1. The van der Waals surface area contributed by atoms with Crippen LogP contribution in [0.2, 0.25) is 0 Å². The van der Waals surface area contributed by atoms with E-state index in [1.165, 1.54) is 0 Å². The average molecular weight is 216 g/mol. The van der Waals surface area contributed by atoms with Gasteiger partial charge in [-0.2, -0.15) is 0 Å². The maximum atomic E-state index is 10.8. The molecule has 0 saturated heterocycles. The van der Waals surface area contributed by atoms with Crippen LogP contribution in [0.5, 0.6) is 0 Å². The summed E-state index contributed by atoms with van der Waals surface area (Å²) in [4.78, 5) is 13.5. The fourth-order valence-corrected chi connectivity index (χ4v) is 1.43. The highest BCUT2D eigenvalue weighted by Crippen LogP contribution is 2.08. The first kappa shape index (κ1) is 10.9. The lowest BCUT2D eigenvalue weighted by molar-refractivity contribution is 0.0689. The summed E-state index contributed by atoms with van der Waals surface area (Å²) in [5, 5.41) is 8.87. The Balaban J connectivity index is 3.10. The predicted molar refractivity (Wildman–Crippen MR) is 53.1 cm³/mol. The first-order valence-electron chi connectivity index (χ1n) is 4.08. The van der Waals surface area contributed by atoms with Crippen LogP contribution in [-0.2, 0) is 18.2 Å². The second-order valence-electron chi connectivity index (χ2n) is 2.86. The summed E-state index contributed by atoms with van der Waals surface area (Å²) in [6.07, 6.45) is 0.530. The fraction of sp³-hybridized carbons (Fsp3) is 0.500. The zero-order chi connectivity index (χ0) is 10.7. The van der Waals surface area contributed by atoms with Crippen LogP contribution in [0.4, 0.5) is 0 Å². The van der Waals surface area contributed by atoms with Gasteiger partial charge in [-0.05, 0) is 12.2 Å². The number of hydrogen-bond donors (Lipinski definition) is 2. The summed E-state index contributed by atoms with van der Waals surface area (Å²) < 4.78 is 6.95. The van der Waals surface area contributed by atoms with Crippen LogP contribution in [0.15, 0.2) is 0 Å². The van der Waals surface area contributed by atoms with Crippen LogP contribution in [0.3, 0.4) is 0 Å². The van der Waals surface area contributed by atoms with Gasteiger partial charge in [0.1, 0.15) is 5.69 Å². The van der Waals surface area contributed by atoms with E-state index in [4.69, 9.17) is 22.1 Å². The van der Waals surface area contributed by atoms with Crippen molar-refractivity contribution < 1.29 is 14.6 Å². The summed E-state index contributed by atoms with van der Waals surface area (Å²) in [7, 11) is 3.30. The van der Waals surface area contributed by atoms with Gasteiger partial charge in [-0.25, -0.2) is 4.79 Å². The number of nitrogens with zero attached hydrogens (tertiary/aromatic N) is 1. The molecule has 0 unspecified atom stereocenters. The molecule has 0 aromatic carbocycles. The van der Waals surface area contributed by atoms with Crippen LogP contribution in [0, 0.1) is 4.77 Å². The number of imidazole rings is 1. The molecule has 0 spiro atoms. The standard InChI is InChI=1S/C8H12N2O3S/c1-10-5(3-4-13-2)6(7(11)12)9-8(10)14/h3-4H2,1-2H3,(H,9,14)(H,11,12). The van der Waals surface area contributed by atoms with E-state index >= 15 is 0 Å². The van der Waals surface area contributed by atoms with Crippen molar-refractivity contribution in [3.8, 4) is 0 Å². The van der Waals surface area contributed by atoms with E-state index in [1.54, 1.807) is 18.7 Å². The molecule has 0 saturated carbocycles. The molecule has 1 aromatic rings. The third kappa shape index (κ3) is 2.02. The predicted octanol–water partition coefficient (Wildman–Crippen LogP) is 0.970. The Morgan fingerprint density at radius 1 is 1.71 bits per heavy atom. The molecular formula is C8H12N2O3S. The van der Waals surface area contributed by atoms with Crippen molar-refractivity contribution in [3.05, 3.63) is 16.2 Å². The van der Waals surface area contributed by atoms with Crippen molar-refractivity contribution in [2.45, 2.75) is 6.42 Å². The smallest absolute Gasteiger partial charge is 0.354 e. The Kier molecular flexibility index (Phi) is 3.43. The number of methoxy groups -OCH3 is 1. The summed E-state index contributed by atoms with van der Waals surface area (Å²) in [6.45, 7) is 0.473. The molecule has 0 aliphatic carbocycles. The normalized spacial score (nSPS) is 10.4. The molecular weight excluding hydrogens is 204 g/mol. The highest BCUT2D eigenvalue weighted by atomic mass is 32.1. The number of aromatic carboxylic acids is 1. The Bertz CT molecular complexity index is 394. The second-order valence-corrected chi connectivity index (χ2v) is 3.25. The lowest BCUT2D eigenvalue weighted by Gasteiger charge is -2.02. The Labute approximate surface area is 86.3 Å². The number of carboxylic acid groups (broad SMARTS) is 1. The molecule has 0 fully saturated rings. The second kappa shape index (κ2) is 4.39. The molecule has 2 N–H and O–H groups in total. The molecule has 1 rings (SSSR count). The van der Waals surface area contributed by atoms with Crippen LogP contribution in [0.1, 0.15) is 16.2 Å². The minimum absolute atomic E-state index is 0.148. The number of nitrogens with one attached hydrogen (secondary N) is 1. The zero-order valence-corrected chi connectivity index (χ0v) is 8.85. The third-order valence-electron chi connectivity index (χ3n) is 1.99. The fourth-order valence-electron chi connectivity index (χ4n) is 1.22. The third-order valence-corrected chi connectivity index (χ3v) is 2.36. The van der Waals surface area contributed by atoms with Gasteiger partial charge in [-0.3, -0.25) is 0 Å². The van der Waals surface area contributed by atoms with Crippen LogP contribution >= 0.6 is 12.2 Å². The maximum Gasteiger partial charge on any atom is 0.354 e. The molecule has 14 heavy (non-hydrogen) atoms. The lowest BCUT2D eigenvalue weighted by Crippen LogP contribution is -2.07. The molecule has 0 atom stereocenters. The first-order chi connectivity index (χ1) is 6.57. The largest absolute Gasteiger partial charge is 0.477 e. The quantitative estimate of drug-likeness (QED) is 0.736. The van der Waals surface area contributed by atoms with Crippen LogP contribution < -0.4 is 0 Å². The molecule has 1 aromatic heterocycles. The summed E-state index contributed by atoms with van der Waals surface area (Å²) in [6, 6.07) is 0. The molecule has 5 nitrogen and oxygen atoms in total. The highest BCUT2D eigenvalue weighted by Gasteiger charge is 2.15. The van der Waals surface area contributed by atoms with Crippen molar-refractivity contribution in [2.75, 3.05) is 13.7 Å². The van der Waals surface area contributed by atoms with Gasteiger partial charge >= 0.3 is 5.97 Å². The van der Waals surface area contributed by atoms with Gasteiger partial charge < -0.3 is 19.4 Å². The average Bonchev–Trinajstić information content (AvgIpc) is 2.41. The van der Waals surface area contributed by atoms with E-state index in [0.29, 0.717) is 23.5 Å². The van der Waals surface area contributed by atoms with Gasteiger partial charge in [0, 0.05) is 20.6 Å². The Morgan fingerprint density at radius 3 is 2.86 bits per heavy atom. The minimum Gasteiger partial charge on any atom is -0.477 e. The summed E-state index contributed by atoms with van der Waals surface area (Å²) in [5.74, 6) is -0.997. The van der Waals surface area contributed by atoms with E-state index in [9.17, 15) is 4.79 Å². The van der Waals surface area contributed by atoms with E-state index in [2.05, 4.69) is 4.98 Å². The number of hydrogen-bond acceptors (Lipinski definition) is 3. The number of carbonyl (C=O) groups is 1. The monoisotopic (exact) mass is 216 g/mol. The van der Waals surface area contributed by atoms with Gasteiger partial charge in [0.15, 0.2) is 4.77 Å². The SMILES string of the molecule is COCCc1c(C(=O)O)[nH]c(=S)n1C. The van der Waals surface area contributed by atoms with Gasteiger partial charge in [0.05, 0.1) is 12.3 Å². The van der Waals surface area contributed by atoms with E-state index in [-0.39, 0.29) is 5.69 Å². The summed E-state index contributed by atoms with van der Waals surface area (Å²) >= 11 is 4.93. The van der Waals surface area contributed by atoms with Gasteiger partial charge in [0.2, 0.25) is 0 Å². The molecule has 0 radical (unpaired) electrons. The Hall–Kier alpha value is -1.14. The van der Waals surface area contributed by atoms with Crippen LogP contribution in [-0.4, -0.2) is 34.3 Å². The van der Waals surface area contributed by atoms with Crippen molar-refractivity contribution in [3.63, 3.8) is 0 Å². The number of carboxylic acids is 1. The molecule has 0 amide bonds. The first-order valence-corrected chi connectivity index (χ1v) is 4.49. The minimum atomic E-state index is -0.997. The van der Waals surface area contributed by atoms with Gasteiger partial charge in [-0.15, -0.1) is 0 Å². The van der Waals surface area contributed by atoms with Gasteiger partial charge in [-0.1, -0.05) is 0 Å². The molecule has 78 valence electrons. The molecule has 6 heteroatoms. The summed E-state index contributed by atoms with van der Waals surface area (Å²) in [5.41, 5.74) is 0.805. The number of rotatable bonds is 4. The Morgan fingerprint density at radius 2 is 2.36 bits per heavy atom. The van der Waals surface area contributed by atoms with E-state index in [0.717, 1.165) is 0 Å². The molecule has 0 aliphatic heterocycles. The molecule has 0 aliphatic rings. The van der Waals surface area contributed by atoms with E-state index < -0.39 is 5.97 Å². The molecule has 0 bridgehead atoms. The van der Waals surface area contributed by atoms with E-state index in [1.807, 2.05) is 0 Å². The van der Waals surface area contributed by atoms with Crippen LogP contribution in [0.25, 0.3) is 0 Å². The number of aromatic amines is 1. The topological polar surface area (TPSA) is 67.2 Å².